The van der Waals surface area contributed by atoms with Crippen molar-refractivity contribution in [3.8, 4) is 5.69 Å². The van der Waals surface area contributed by atoms with Crippen LogP contribution in [0.5, 0.6) is 0 Å². The summed E-state index contributed by atoms with van der Waals surface area (Å²) < 4.78 is 2.02. The lowest BCUT2D eigenvalue weighted by Crippen LogP contribution is -2.47. The molecule has 1 aliphatic rings. The number of amides is 1. The van der Waals surface area contributed by atoms with E-state index in [1.165, 1.54) is 16.8 Å². The molecule has 0 spiro atoms. The van der Waals surface area contributed by atoms with Gasteiger partial charge in [0.05, 0.1) is 16.4 Å². The smallest absolute Gasteiger partial charge is 0.271 e. The van der Waals surface area contributed by atoms with E-state index in [1.807, 2.05) is 35.8 Å². The summed E-state index contributed by atoms with van der Waals surface area (Å²) in [7, 11) is 0. The van der Waals surface area contributed by atoms with Crippen LogP contribution in [0.15, 0.2) is 42.5 Å². The maximum atomic E-state index is 13.0. The second-order valence-electron chi connectivity index (χ2n) is 9.66. The molecule has 1 aliphatic heterocycles. The third-order valence-corrected chi connectivity index (χ3v) is 7.50. The Bertz CT molecular complexity index is 1210. The predicted octanol–water partition coefficient (Wildman–Crippen LogP) is 6.61. The van der Waals surface area contributed by atoms with Gasteiger partial charge in [0.1, 0.15) is 11.5 Å². The number of hydrogen-bond donors (Lipinski definition) is 1. The molecule has 216 valence electrons. The minimum atomic E-state index is -0.115. The normalized spacial score (nSPS) is 13.2. The van der Waals surface area contributed by atoms with E-state index in [0.717, 1.165) is 69.2 Å². The number of piperazine rings is 1. The van der Waals surface area contributed by atoms with Gasteiger partial charge >= 0.3 is 0 Å². The maximum absolute atomic E-state index is 13.0. The van der Waals surface area contributed by atoms with Crippen molar-refractivity contribution in [3.63, 3.8) is 0 Å². The van der Waals surface area contributed by atoms with Crippen LogP contribution in [0.3, 0.4) is 0 Å². The van der Waals surface area contributed by atoms with Crippen LogP contribution in [-0.4, -0.2) is 59.6 Å². The molecule has 39 heavy (non-hydrogen) atoms. The second-order valence-corrected chi connectivity index (χ2v) is 10.1. The summed E-state index contributed by atoms with van der Waals surface area (Å²) >= 11 is 6.47. The van der Waals surface area contributed by atoms with E-state index in [9.17, 15) is 4.79 Å². The number of benzene rings is 2. The molecule has 4 rings (SSSR count). The van der Waals surface area contributed by atoms with Gasteiger partial charge < -0.3 is 10.2 Å². The van der Waals surface area contributed by atoms with Crippen LogP contribution in [0.4, 0.5) is 5.69 Å². The zero-order valence-electron chi connectivity index (χ0n) is 23.2. The summed E-state index contributed by atoms with van der Waals surface area (Å²) in [4.78, 5) is 22.7. The Hall–Kier alpha value is -1.96. The Labute approximate surface area is 256 Å². The van der Waals surface area contributed by atoms with Gasteiger partial charge in [-0.3, -0.25) is 14.3 Å². The Morgan fingerprint density at radius 1 is 0.949 bits per heavy atom. The first kappa shape index (κ1) is 35.1. The first-order chi connectivity index (χ1) is 17.4. The third-order valence-electron chi connectivity index (χ3n) is 7.18. The maximum Gasteiger partial charge on any atom is 0.271 e. The highest BCUT2D eigenvalue weighted by atomic mass is 35.5. The number of nitrogens with zero attached hydrogens (tertiary/aromatic N) is 4. The summed E-state index contributed by atoms with van der Waals surface area (Å²) in [6, 6.07) is 14.3. The van der Waals surface area contributed by atoms with Crippen molar-refractivity contribution in [3.05, 3.63) is 75.8 Å². The molecule has 1 amide bonds. The van der Waals surface area contributed by atoms with Gasteiger partial charge in [-0.25, -0.2) is 4.98 Å². The molecule has 1 fully saturated rings. The molecule has 1 N–H and O–H groups in total. The monoisotopic (exact) mass is 615 g/mol. The number of imidazole rings is 1. The van der Waals surface area contributed by atoms with Crippen molar-refractivity contribution in [2.24, 2.45) is 0 Å². The fourth-order valence-corrected chi connectivity index (χ4v) is 5.22. The van der Waals surface area contributed by atoms with Crippen LogP contribution in [0.1, 0.15) is 52.9 Å². The summed E-state index contributed by atoms with van der Waals surface area (Å²) in [5.74, 6) is 0.755. The molecule has 0 unspecified atom stereocenters. The molecule has 0 saturated carbocycles. The van der Waals surface area contributed by atoms with E-state index in [0.29, 0.717) is 17.3 Å². The zero-order chi connectivity index (χ0) is 25.7. The SMILES string of the molecule is CCCc1nc(C(=O)NCCCN2CCN(c3cccc(C)c3C)CC2)c(C)n1-c1ccccc1Cl.Cl.Cl.Cl. The van der Waals surface area contributed by atoms with Crippen LogP contribution in [-0.2, 0) is 6.42 Å². The topological polar surface area (TPSA) is 53.4 Å². The minimum absolute atomic E-state index is 0. The average molecular weight is 617 g/mol. The Morgan fingerprint density at radius 2 is 1.62 bits per heavy atom. The lowest BCUT2D eigenvalue weighted by atomic mass is 10.1. The summed E-state index contributed by atoms with van der Waals surface area (Å²) in [5, 5.41) is 3.74. The van der Waals surface area contributed by atoms with Crippen LogP contribution in [0.2, 0.25) is 5.02 Å². The van der Waals surface area contributed by atoms with E-state index in [1.54, 1.807) is 0 Å². The molecule has 2 aromatic carbocycles. The fraction of sp³-hybridized carbons (Fsp3) is 0.448. The van der Waals surface area contributed by atoms with E-state index in [2.05, 4.69) is 54.1 Å². The van der Waals surface area contributed by atoms with Gasteiger partial charge in [-0.05, 0) is 69.5 Å². The lowest BCUT2D eigenvalue weighted by Gasteiger charge is -2.37. The third kappa shape index (κ3) is 8.27. The number of hydrogen-bond acceptors (Lipinski definition) is 4. The number of carbonyl (C=O) groups excluding carboxylic acids is 1. The fourth-order valence-electron chi connectivity index (χ4n) is 5.00. The molecule has 2 heterocycles. The summed E-state index contributed by atoms with van der Waals surface area (Å²) in [6.45, 7) is 14.2. The molecule has 3 aromatic rings. The predicted molar refractivity (Wildman–Crippen MR) is 171 cm³/mol. The zero-order valence-corrected chi connectivity index (χ0v) is 26.4. The van der Waals surface area contributed by atoms with Crippen LogP contribution in [0.25, 0.3) is 5.69 Å². The molecular formula is C29H41Cl4N5O. The molecule has 10 heteroatoms. The Morgan fingerprint density at radius 3 is 2.28 bits per heavy atom. The number of anilines is 1. The quantitative estimate of drug-likeness (QED) is 0.275. The van der Waals surface area contributed by atoms with Crippen molar-refractivity contribution in [2.75, 3.05) is 44.2 Å². The van der Waals surface area contributed by atoms with Crippen LogP contribution < -0.4 is 10.2 Å². The summed E-state index contributed by atoms with van der Waals surface area (Å²) in [5.41, 5.74) is 6.26. The molecule has 0 radical (unpaired) electrons. The minimum Gasteiger partial charge on any atom is -0.369 e. The molecule has 1 saturated heterocycles. The van der Waals surface area contributed by atoms with Gasteiger partial charge in [0.2, 0.25) is 0 Å². The standard InChI is InChI=1S/C29H38ClN5O.3ClH/c1-5-10-27-32-28(23(4)35(27)26-13-7-6-12-24(26)30)29(36)31-15-9-16-33-17-19-34(20-18-33)25-14-8-11-21(2)22(25)3;;;/h6-8,11-14H,5,9-10,15-20H2,1-4H3,(H,31,36);3*1H. The number of aromatic nitrogens is 2. The highest BCUT2D eigenvalue weighted by Crippen LogP contribution is 2.26. The number of rotatable bonds is 9. The van der Waals surface area contributed by atoms with Gasteiger partial charge in [0, 0.05) is 44.8 Å². The van der Waals surface area contributed by atoms with E-state index in [-0.39, 0.29) is 43.1 Å². The molecule has 0 bridgehead atoms. The average Bonchev–Trinajstić information content (AvgIpc) is 3.20. The Kier molecular flexibility index (Phi) is 14.7. The van der Waals surface area contributed by atoms with Crippen molar-refractivity contribution in [1.29, 1.82) is 0 Å². The lowest BCUT2D eigenvalue weighted by molar-refractivity contribution is 0.0946. The first-order valence-corrected chi connectivity index (χ1v) is 13.4. The number of para-hydroxylation sites is 1. The molecule has 6 nitrogen and oxygen atoms in total. The summed E-state index contributed by atoms with van der Waals surface area (Å²) in [6.07, 6.45) is 2.65. The van der Waals surface area contributed by atoms with Crippen LogP contribution in [0, 0.1) is 20.8 Å². The number of carbonyl (C=O) groups is 1. The first-order valence-electron chi connectivity index (χ1n) is 13.1. The van der Waals surface area contributed by atoms with E-state index < -0.39 is 0 Å². The highest BCUT2D eigenvalue weighted by Gasteiger charge is 2.22. The van der Waals surface area contributed by atoms with Gasteiger partial charge in [0.25, 0.3) is 5.91 Å². The number of nitrogens with one attached hydrogen (secondary N) is 1. The van der Waals surface area contributed by atoms with Gasteiger partial charge in [-0.2, -0.15) is 0 Å². The van der Waals surface area contributed by atoms with Crippen molar-refractivity contribution in [2.45, 2.75) is 47.0 Å². The molecule has 1 aromatic heterocycles. The molecular weight excluding hydrogens is 576 g/mol. The largest absolute Gasteiger partial charge is 0.369 e. The Balaban J connectivity index is 0.00000253. The van der Waals surface area contributed by atoms with Gasteiger partial charge in [0.15, 0.2) is 0 Å². The number of aryl methyl sites for hydroxylation is 2. The highest BCUT2D eigenvalue weighted by molar-refractivity contribution is 6.32. The van der Waals surface area contributed by atoms with Crippen molar-refractivity contribution < 1.29 is 4.79 Å². The van der Waals surface area contributed by atoms with Crippen LogP contribution >= 0.6 is 48.8 Å². The number of halogens is 4. The molecule has 0 aliphatic carbocycles. The van der Waals surface area contributed by atoms with Gasteiger partial charge in [-0.15, -0.1) is 37.2 Å². The van der Waals surface area contributed by atoms with E-state index in [4.69, 9.17) is 16.6 Å². The van der Waals surface area contributed by atoms with E-state index >= 15 is 0 Å². The van der Waals surface area contributed by atoms with Crippen molar-refractivity contribution in [1.82, 2.24) is 19.8 Å². The molecule has 0 atom stereocenters. The van der Waals surface area contributed by atoms with Gasteiger partial charge in [-0.1, -0.05) is 42.8 Å². The van der Waals surface area contributed by atoms with Crippen molar-refractivity contribution >= 4 is 60.4 Å². The second kappa shape index (κ2) is 16.3.